The largest absolute Gasteiger partial charge is 0.496 e. The third-order valence-electron chi connectivity index (χ3n) is 5.61. The lowest BCUT2D eigenvalue weighted by Crippen LogP contribution is -2.39. The molecule has 1 unspecified atom stereocenters. The van der Waals surface area contributed by atoms with Crippen LogP contribution in [0.1, 0.15) is 24.8 Å². The SMILES string of the molecule is COc1ccc(F)cc1CNC(=O)N1CCC(C2CCN(C)CC2)C1. The highest BCUT2D eigenvalue weighted by atomic mass is 19.1. The molecule has 2 aliphatic rings. The van der Waals surface area contributed by atoms with Crippen molar-refractivity contribution in [3.05, 3.63) is 29.6 Å². The number of nitrogens with one attached hydrogen (secondary N) is 1. The Labute approximate surface area is 149 Å². The van der Waals surface area contributed by atoms with E-state index in [0.29, 0.717) is 17.2 Å². The van der Waals surface area contributed by atoms with Gasteiger partial charge in [0.1, 0.15) is 11.6 Å². The Hall–Kier alpha value is -1.82. The summed E-state index contributed by atoms with van der Waals surface area (Å²) >= 11 is 0. The zero-order chi connectivity index (χ0) is 17.8. The van der Waals surface area contributed by atoms with Gasteiger partial charge in [0.05, 0.1) is 7.11 Å². The van der Waals surface area contributed by atoms with E-state index in [-0.39, 0.29) is 18.4 Å². The molecular formula is C19H28FN3O2. The summed E-state index contributed by atoms with van der Waals surface area (Å²) in [6.07, 6.45) is 3.55. The minimum atomic E-state index is -0.325. The molecule has 2 saturated heterocycles. The van der Waals surface area contributed by atoms with Crippen molar-refractivity contribution in [3.8, 4) is 5.75 Å². The molecule has 2 aliphatic heterocycles. The maximum Gasteiger partial charge on any atom is 0.317 e. The number of methoxy groups -OCH3 is 1. The molecule has 1 aromatic carbocycles. The number of piperidine rings is 1. The lowest BCUT2D eigenvalue weighted by Gasteiger charge is -2.32. The Morgan fingerprint density at radius 1 is 1.24 bits per heavy atom. The molecule has 138 valence electrons. The lowest BCUT2D eigenvalue weighted by molar-refractivity contribution is 0.168. The van der Waals surface area contributed by atoms with Gasteiger partial charge in [-0.25, -0.2) is 9.18 Å². The molecule has 0 bridgehead atoms. The molecule has 1 N–H and O–H groups in total. The molecule has 1 atom stereocenters. The number of halogens is 1. The molecule has 0 aliphatic carbocycles. The van der Waals surface area contributed by atoms with Crippen molar-refractivity contribution in [2.45, 2.75) is 25.8 Å². The van der Waals surface area contributed by atoms with E-state index in [9.17, 15) is 9.18 Å². The van der Waals surface area contributed by atoms with Gasteiger partial charge in [-0.1, -0.05) is 0 Å². The van der Waals surface area contributed by atoms with E-state index in [1.165, 1.54) is 25.0 Å². The Bertz CT molecular complexity index is 602. The van der Waals surface area contributed by atoms with Crippen molar-refractivity contribution in [3.63, 3.8) is 0 Å². The molecule has 25 heavy (non-hydrogen) atoms. The van der Waals surface area contributed by atoms with Crippen LogP contribution in [0.5, 0.6) is 5.75 Å². The van der Waals surface area contributed by atoms with Crippen LogP contribution in [0.25, 0.3) is 0 Å². The number of likely N-dealkylation sites (tertiary alicyclic amines) is 2. The summed E-state index contributed by atoms with van der Waals surface area (Å²) in [5.41, 5.74) is 0.655. The van der Waals surface area contributed by atoms with Crippen LogP contribution in [0, 0.1) is 17.7 Å². The average Bonchev–Trinajstić information content (AvgIpc) is 3.10. The van der Waals surface area contributed by atoms with Crippen molar-refractivity contribution in [2.24, 2.45) is 11.8 Å². The van der Waals surface area contributed by atoms with E-state index in [1.54, 1.807) is 13.2 Å². The first-order chi connectivity index (χ1) is 12.1. The van der Waals surface area contributed by atoms with Crippen molar-refractivity contribution in [2.75, 3.05) is 40.3 Å². The molecule has 5 nitrogen and oxygen atoms in total. The molecule has 2 amide bonds. The maximum atomic E-state index is 13.4. The van der Waals surface area contributed by atoms with Gasteiger partial charge in [-0.3, -0.25) is 0 Å². The molecule has 6 heteroatoms. The molecule has 2 heterocycles. The van der Waals surface area contributed by atoms with Crippen LogP contribution >= 0.6 is 0 Å². The van der Waals surface area contributed by atoms with E-state index in [2.05, 4.69) is 17.3 Å². The number of nitrogens with zero attached hydrogens (tertiary/aromatic N) is 2. The molecule has 0 aromatic heterocycles. The third-order valence-corrected chi connectivity index (χ3v) is 5.61. The van der Waals surface area contributed by atoms with Crippen LogP contribution in [0.4, 0.5) is 9.18 Å². The highest BCUT2D eigenvalue weighted by molar-refractivity contribution is 5.74. The Morgan fingerprint density at radius 3 is 2.68 bits per heavy atom. The van der Waals surface area contributed by atoms with Crippen LogP contribution in [-0.2, 0) is 6.54 Å². The summed E-state index contributed by atoms with van der Waals surface area (Å²) < 4.78 is 18.6. The fraction of sp³-hybridized carbons (Fsp3) is 0.632. The summed E-state index contributed by atoms with van der Waals surface area (Å²) in [4.78, 5) is 16.7. The van der Waals surface area contributed by atoms with Gasteiger partial charge in [-0.2, -0.15) is 0 Å². The van der Waals surface area contributed by atoms with E-state index >= 15 is 0 Å². The van der Waals surface area contributed by atoms with Gasteiger partial charge in [0, 0.05) is 25.2 Å². The van der Waals surface area contributed by atoms with Crippen LogP contribution in [-0.4, -0.2) is 56.2 Å². The monoisotopic (exact) mass is 349 g/mol. The standard InChI is InChI=1S/C19H28FN3O2/c1-22-8-5-14(6-9-22)15-7-10-23(13-15)19(24)21-12-16-11-17(20)3-4-18(16)25-2/h3-4,11,14-15H,5-10,12-13H2,1-2H3,(H,21,24). The normalized spacial score (nSPS) is 22.2. The predicted octanol–water partition coefficient (Wildman–Crippen LogP) is 2.71. The first kappa shape index (κ1) is 18.0. The minimum absolute atomic E-state index is 0.0678. The Morgan fingerprint density at radius 2 is 1.96 bits per heavy atom. The van der Waals surface area contributed by atoms with E-state index < -0.39 is 0 Å². The van der Waals surface area contributed by atoms with E-state index in [1.807, 2.05) is 4.90 Å². The van der Waals surface area contributed by atoms with Crippen molar-refractivity contribution in [1.29, 1.82) is 0 Å². The second kappa shape index (κ2) is 8.04. The van der Waals surface area contributed by atoms with Crippen molar-refractivity contribution < 1.29 is 13.9 Å². The number of carbonyl (C=O) groups is 1. The first-order valence-corrected chi connectivity index (χ1v) is 9.10. The quantitative estimate of drug-likeness (QED) is 0.909. The van der Waals surface area contributed by atoms with Gasteiger partial charge in [-0.05, 0) is 69.4 Å². The molecule has 0 spiro atoms. The minimum Gasteiger partial charge on any atom is -0.496 e. The van der Waals surface area contributed by atoms with Crippen molar-refractivity contribution >= 4 is 6.03 Å². The number of hydrogen-bond donors (Lipinski definition) is 1. The smallest absolute Gasteiger partial charge is 0.317 e. The van der Waals surface area contributed by atoms with Crippen LogP contribution < -0.4 is 10.1 Å². The molecule has 1 aromatic rings. The lowest BCUT2D eigenvalue weighted by atomic mass is 9.84. The average molecular weight is 349 g/mol. The molecule has 0 saturated carbocycles. The van der Waals surface area contributed by atoms with E-state index in [4.69, 9.17) is 4.74 Å². The van der Waals surface area contributed by atoms with Gasteiger partial charge in [0.15, 0.2) is 0 Å². The zero-order valence-electron chi connectivity index (χ0n) is 15.1. The fourth-order valence-corrected chi connectivity index (χ4v) is 4.02. The highest BCUT2D eigenvalue weighted by Crippen LogP contribution is 2.31. The summed E-state index contributed by atoms with van der Waals surface area (Å²) in [6, 6.07) is 4.28. The van der Waals surface area contributed by atoms with Gasteiger partial charge in [-0.15, -0.1) is 0 Å². The van der Waals surface area contributed by atoms with E-state index in [0.717, 1.165) is 38.5 Å². The number of rotatable bonds is 4. The zero-order valence-corrected chi connectivity index (χ0v) is 15.1. The predicted molar refractivity (Wildman–Crippen MR) is 95.1 cm³/mol. The number of ether oxygens (including phenoxy) is 1. The van der Waals surface area contributed by atoms with Crippen LogP contribution in [0.3, 0.4) is 0 Å². The molecular weight excluding hydrogens is 321 g/mol. The number of amides is 2. The number of carbonyl (C=O) groups excluding carboxylic acids is 1. The number of urea groups is 1. The Kier molecular flexibility index (Phi) is 5.78. The molecule has 2 fully saturated rings. The number of hydrogen-bond acceptors (Lipinski definition) is 3. The van der Waals surface area contributed by atoms with Crippen LogP contribution in [0.15, 0.2) is 18.2 Å². The molecule has 0 radical (unpaired) electrons. The third kappa shape index (κ3) is 4.42. The first-order valence-electron chi connectivity index (χ1n) is 9.10. The number of benzene rings is 1. The Balaban J connectivity index is 1.50. The second-order valence-electron chi connectivity index (χ2n) is 7.25. The second-order valence-corrected chi connectivity index (χ2v) is 7.25. The summed E-state index contributed by atoms with van der Waals surface area (Å²) in [5.74, 6) is 1.61. The van der Waals surface area contributed by atoms with Crippen LogP contribution in [0.2, 0.25) is 0 Å². The van der Waals surface area contributed by atoms with Gasteiger partial charge in [0.2, 0.25) is 0 Å². The summed E-state index contributed by atoms with van der Waals surface area (Å²) in [6.45, 7) is 4.23. The van der Waals surface area contributed by atoms with Gasteiger partial charge < -0.3 is 19.9 Å². The maximum absolute atomic E-state index is 13.4. The van der Waals surface area contributed by atoms with Crippen molar-refractivity contribution in [1.82, 2.24) is 15.1 Å². The highest BCUT2D eigenvalue weighted by Gasteiger charge is 2.33. The van der Waals surface area contributed by atoms with Gasteiger partial charge in [0.25, 0.3) is 0 Å². The topological polar surface area (TPSA) is 44.8 Å². The fourth-order valence-electron chi connectivity index (χ4n) is 4.02. The van der Waals surface area contributed by atoms with Gasteiger partial charge >= 0.3 is 6.03 Å². The molecule has 3 rings (SSSR count). The summed E-state index contributed by atoms with van der Waals surface area (Å²) in [7, 11) is 3.72. The summed E-state index contributed by atoms with van der Waals surface area (Å²) in [5, 5.41) is 2.91.